The quantitative estimate of drug-likeness (QED) is 0.675. The van der Waals surface area contributed by atoms with Crippen molar-refractivity contribution in [3.05, 3.63) is 35.1 Å². The first-order chi connectivity index (χ1) is 10.2. The van der Waals surface area contributed by atoms with Crippen LogP contribution in [0.3, 0.4) is 0 Å². The zero-order valence-corrected chi connectivity index (χ0v) is 13.9. The lowest BCUT2D eigenvalue weighted by Gasteiger charge is -2.62. The number of hydrogen-bond donors (Lipinski definition) is 1. The van der Waals surface area contributed by atoms with E-state index in [0.717, 1.165) is 12.5 Å². The molecule has 1 aliphatic rings. The van der Waals surface area contributed by atoms with E-state index < -0.39 is 0 Å². The minimum atomic E-state index is -0.370. The molecule has 0 aliphatic carbocycles. The molecular weight excluding hydrogens is 279 g/mol. The Kier molecular flexibility index (Phi) is 4.15. The molecule has 22 heavy (non-hydrogen) atoms. The van der Waals surface area contributed by atoms with Gasteiger partial charge in [-0.05, 0) is 26.0 Å². The maximum Gasteiger partial charge on any atom is 0.194 e. The number of nitrogens with one attached hydrogen (secondary N) is 1. The Labute approximate surface area is 131 Å². The van der Waals surface area contributed by atoms with Crippen molar-refractivity contribution < 1.29 is 4.39 Å². The van der Waals surface area contributed by atoms with Gasteiger partial charge in [-0.25, -0.2) is 4.39 Å². The zero-order valence-electron chi connectivity index (χ0n) is 13.9. The summed E-state index contributed by atoms with van der Waals surface area (Å²) in [4.78, 5) is 6.51. The van der Waals surface area contributed by atoms with Gasteiger partial charge >= 0.3 is 0 Å². The lowest BCUT2D eigenvalue weighted by atomic mass is 9.65. The third kappa shape index (κ3) is 2.66. The number of benzene rings is 1. The summed E-state index contributed by atoms with van der Waals surface area (Å²) in [5, 5.41) is 12.0. The van der Waals surface area contributed by atoms with E-state index in [-0.39, 0.29) is 16.8 Å². The topological polar surface area (TPSA) is 51.4 Å². The molecule has 1 N–H and O–H groups in total. The highest BCUT2D eigenvalue weighted by molar-refractivity contribution is 5.82. The number of nitrogens with zero attached hydrogens (tertiary/aromatic N) is 3. The molecule has 4 nitrogen and oxygen atoms in total. The monoisotopic (exact) mass is 302 g/mol. The molecule has 0 amide bonds. The Morgan fingerprint density at radius 3 is 2.55 bits per heavy atom. The van der Waals surface area contributed by atoms with Crippen LogP contribution in [0.5, 0.6) is 0 Å². The van der Waals surface area contributed by atoms with Gasteiger partial charge in [0.2, 0.25) is 0 Å². The summed E-state index contributed by atoms with van der Waals surface area (Å²) >= 11 is 0. The van der Waals surface area contributed by atoms with Gasteiger partial charge in [-0.2, -0.15) is 5.26 Å². The van der Waals surface area contributed by atoms with Crippen LogP contribution < -0.4 is 5.32 Å². The van der Waals surface area contributed by atoms with Crippen molar-refractivity contribution in [1.82, 2.24) is 10.2 Å². The van der Waals surface area contributed by atoms with Crippen LogP contribution in [0.25, 0.3) is 0 Å². The van der Waals surface area contributed by atoms with Crippen molar-refractivity contribution in [2.24, 2.45) is 10.4 Å². The fourth-order valence-electron chi connectivity index (χ4n) is 2.63. The number of likely N-dealkylation sites (tertiary alicyclic amines) is 1. The van der Waals surface area contributed by atoms with Gasteiger partial charge in [-0.3, -0.25) is 4.99 Å². The first-order valence-corrected chi connectivity index (χ1v) is 7.40. The Bertz CT molecular complexity index is 641. The van der Waals surface area contributed by atoms with Gasteiger partial charge in [0.05, 0.1) is 11.6 Å². The van der Waals surface area contributed by atoms with Crippen molar-refractivity contribution in [2.45, 2.75) is 39.8 Å². The second-order valence-electron chi connectivity index (χ2n) is 6.85. The largest absolute Gasteiger partial charge is 0.352 e. The third-order valence-corrected chi connectivity index (χ3v) is 4.97. The van der Waals surface area contributed by atoms with Crippen LogP contribution in [0, 0.1) is 22.6 Å². The van der Waals surface area contributed by atoms with Gasteiger partial charge in [0, 0.05) is 36.7 Å². The Morgan fingerprint density at radius 1 is 1.41 bits per heavy atom. The van der Waals surface area contributed by atoms with E-state index in [4.69, 9.17) is 5.26 Å². The fraction of sp³-hybridized carbons (Fsp3) is 0.529. The first kappa shape index (κ1) is 16.3. The van der Waals surface area contributed by atoms with Crippen LogP contribution in [0.1, 0.15) is 38.8 Å². The third-order valence-electron chi connectivity index (χ3n) is 4.97. The van der Waals surface area contributed by atoms with E-state index in [9.17, 15) is 4.39 Å². The Morgan fingerprint density at radius 2 is 2.09 bits per heavy atom. The van der Waals surface area contributed by atoms with Crippen molar-refractivity contribution in [3.8, 4) is 6.07 Å². The van der Waals surface area contributed by atoms with Crippen molar-refractivity contribution in [2.75, 3.05) is 13.6 Å². The highest BCUT2D eigenvalue weighted by atomic mass is 19.1. The van der Waals surface area contributed by atoms with Gasteiger partial charge in [0.1, 0.15) is 5.82 Å². The summed E-state index contributed by atoms with van der Waals surface area (Å²) in [6, 6.07) is 6.46. The standard InChI is InChI=1S/C17H23FN4/c1-16(2)11-22(17(16,3)4)15(20-5)21-10-13-7-6-12(9-19)8-14(13)18/h6-8H,10-11H2,1-5H3,(H,20,21). The second kappa shape index (κ2) is 5.60. The molecule has 0 saturated carbocycles. The summed E-state index contributed by atoms with van der Waals surface area (Å²) in [6.45, 7) is 10.1. The van der Waals surface area contributed by atoms with Gasteiger partial charge in [0.15, 0.2) is 5.96 Å². The van der Waals surface area contributed by atoms with Crippen molar-refractivity contribution in [3.63, 3.8) is 0 Å². The molecule has 1 heterocycles. The average Bonchev–Trinajstić information content (AvgIpc) is 2.47. The lowest BCUT2D eigenvalue weighted by Crippen LogP contribution is -2.72. The molecule has 2 rings (SSSR count). The summed E-state index contributed by atoms with van der Waals surface area (Å²) in [6.07, 6.45) is 0. The summed E-state index contributed by atoms with van der Waals surface area (Å²) in [7, 11) is 1.73. The maximum absolute atomic E-state index is 13.9. The predicted molar refractivity (Wildman–Crippen MR) is 85.9 cm³/mol. The number of aliphatic imine (C=N–C) groups is 1. The van der Waals surface area contributed by atoms with Gasteiger partial charge in [-0.1, -0.05) is 19.9 Å². The van der Waals surface area contributed by atoms with Crippen LogP contribution in [0.4, 0.5) is 4.39 Å². The summed E-state index contributed by atoms with van der Waals surface area (Å²) in [5.74, 6) is 0.401. The van der Waals surface area contributed by atoms with Gasteiger partial charge in [0.25, 0.3) is 0 Å². The molecule has 5 heteroatoms. The van der Waals surface area contributed by atoms with Crippen LogP contribution in [-0.4, -0.2) is 30.0 Å². The molecule has 0 unspecified atom stereocenters. The van der Waals surface area contributed by atoms with Crippen LogP contribution in [-0.2, 0) is 6.54 Å². The molecule has 0 bridgehead atoms. The van der Waals surface area contributed by atoms with E-state index in [1.807, 2.05) is 6.07 Å². The van der Waals surface area contributed by atoms with E-state index >= 15 is 0 Å². The molecule has 1 saturated heterocycles. The number of hydrogen-bond acceptors (Lipinski definition) is 2. The normalized spacial score (nSPS) is 19.3. The molecule has 0 spiro atoms. The van der Waals surface area contributed by atoms with Crippen LogP contribution in [0.15, 0.2) is 23.2 Å². The molecular formula is C17H23FN4. The molecule has 1 aliphatic heterocycles. The van der Waals surface area contributed by atoms with Crippen molar-refractivity contribution >= 4 is 5.96 Å². The number of nitriles is 1. The molecule has 1 aromatic carbocycles. The maximum atomic E-state index is 13.9. The highest BCUT2D eigenvalue weighted by Crippen LogP contribution is 2.46. The van der Waals surface area contributed by atoms with Crippen molar-refractivity contribution in [1.29, 1.82) is 5.26 Å². The Hall–Kier alpha value is -2.09. The second-order valence-corrected chi connectivity index (χ2v) is 6.85. The lowest BCUT2D eigenvalue weighted by molar-refractivity contribution is -0.0668. The Balaban J connectivity index is 2.06. The minimum Gasteiger partial charge on any atom is -0.352 e. The van der Waals surface area contributed by atoms with Gasteiger partial charge in [-0.15, -0.1) is 0 Å². The SMILES string of the molecule is CN=C(NCc1ccc(C#N)cc1F)N1CC(C)(C)C1(C)C. The van der Waals surface area contributed by atoms with Crippen LogP contribution >= 0.6 is 0 Å². The van der Waals surface area contributed by atoms with E-state index in [2.05, 4.69) is 42.9 Å². The minimum absolute atomic E-state index is 0.00193. The molecule has 118 valence electrons. The predicted octanol–water partition coefficient (Wildman–Crippen LogP) is 2.89. The van der Waals surface area contributed by atoms with E-state index in [1.54, 1.807) is 19.2 Å². The summed E-state index contributed by atoms with van der Waals surface area (Å²) in [5.41, 5.74) is 1.07. The zero-order chi connectivity index (χ0) is 16.5. The smallest absolute Gasteiger partial charge is 0.194 e. The molecule has 0 radical (unpaired) electrons. The van der Waals surface area contributed by atoms with Gasteiger partial charge < -0.3 is 10.2 Å². The number of halogens is 1. The van der Waals surface area contributed by atoms with E-state index in [1.165, 1.54) is 6.07 Å². The molecule has 1 aromatic rings. The fourth-order valence-corrected chi connectivity index (χ4v) is 2.63. The summed E-state index contributed by atoms with van der Waals surface area (Å²) < 4.78 is 13.9. The first-order valence-electron chi connectivity index (χ1n) is 7.40. The molecule has 0 aromatic heterocycles. The van der Waals surface area contributed by atoms with E-state index in [0.29, 0.717) is 17.7 Å². The van der Waals surface area contributed by atoms with Crippen LogP contribution in [0.2, 0.25) is 0 Å². The molecule has 0 atom stereocenters. The average molecular weight is 302 g/mol. The number of rotatable bonds is 2. The highest BCUT2D eigenvalue weighted by Gasteiger charge is 2.53. The number of guanidine groups is 1. The molecule has 1 fully saturated rings.